The van der Waals surface area contributed by atoms with Gasteiger partial charge in [0.15, 0.2) is 0 Å². The predicted octanol–water partition coefficient (Wildman–Crippen LogP) is 0.626. The second kappa shape index (κ2) is 9.32. The molecule has 0 aliphatic rings. The zero-order valence-electron chi connectivity index (χ0n) is 11.1. The number of amides is 1. The third kappa shape index (κ3) is 6.76. The molecule has 1 aromatic carbocycles. The molecule has 0 radical (unpaired) electrons. The van der Waals surface area contributed by atoms with Gasteiger partial charge in [0.25, 0.3) is 0 Å². The summed E-state index contributed by atoms with van der Waals surface area (Å²) in [6.07, 6.45) is 0. The van der Waals surface area contributed by atoms with E-state index in [1.54, 1.807) is 31.4 Å². The van der Waals surface area contributed by atoms with Crippen LogP contribution in [0.5, 0.6) is 5.75 Å². The average Bonchev–Trinajstić information content (AvgIpc) is 2.42. The molecule has 0 spiro atoms. The molecule has 1 amide bonds. The fraction of sp³-hybridized carbons (Fsp3) is 0.462. The summed E-state index contributed by atoms with van der Waals surface area (Å²) < 4.78 is 15.3. The summed E-state index contributed by atoms with van der Waals surface area (Å²) in [6.45, 7) is 1.75. The van der Waals surface area contributed by atoms with Crippen LogP contribution in [0.4, 0.5) is 5.69 Å². The Morgan fingerprint density at radius 2 is 2.16 bits per heavy atom. The Morgan fingerprint density at radius 3 is 2.89 bits per heavy atom. The van der Waals surface area contributed by atoms with Crippen molar-refractivity contribution in [1.82, 2.24) is 0 Å². The lowest BCUT2D eigenvalue weighted by molar-refractivity contribution is -0.121. The number of ether oxygens (including phenoxy) is 3. The zero-order chi connectivity index (χ0) is 13.9. The Hall–Kier alpha value is -1.63. The summed E-state index contributed by atoms with van der Waals surface area (Å²) in [4.78, 5) is 11.6. The molecule has 0 heterocycles. The average molecular weight is 268 g/mol. The maximum absolute atomic E-state index is 11.6. The number of hydrogen-bond donors (Lipinski definition) is 2. The van der Waals surface area contributed by atoms with Gasteiger partial charge in [-0.05, 0) is 12.1 Å². The number of anilines is 1. The molecule has 19 heavy (non-hydrogen) atoms. The monoisotopic (exact) mass is 268 g/mol. The number of nitrogens with two attached hydrogens (primary N) is 1. The molecular weight excluding hydrogens is 248 g/mol. The molecule has 3 N–H and O–H groups in total. The van der Waals surface area contributed by atoms with Gasteiger partial charge in [0.1, 0.15) is 19.0 Å². The summed E-state index contributed by atoms with van der Waals surface area (Å²) in [5.41, 5.74) is 6.02. The van der Waals surface area contributed by atoms with Crippen molar-refractivity contribution >= 4 is 11.6 Å². The van der Waals surface area contributed by atoms with Gasteiger partial charge in [0.05, 0.1) is 13.2 Å². The molecule has 0 unspecified atom stereocenters. The van der Waals surface area contributed by atoms with Gasteiger partial charge >= 0.3 is 0 Å². The van der Waals surface area contributed by atoms with Crippen LogP contribution in [0.25, 0.3) is 0 Å². The molecule has 6 nitrogen and oxygen atoms in total. The molecule has 0 aromatic heterocycles. The summed E-state index contributed by atoms with van der Waals surface area (Å²) in [5, 5.41) is 2.72. The largest absolute Gasteiger partial charge is 0.492 e. The molecule has 0 aliphatic carbocycles. The first-order valence-electron chi connectivity index (χ1n) is 6.05. The van der Waals surface area contributed by atoms with Gasteiger partial charge < -0.3 is 25.3 Å². The third-order valence-electron chi connectivity index (χ3n) is 2.17. The van der Waals surface area contributed by atoms with Crippen molar-refractivity contribution in [2.75, 3.05) is 45.4 Å². The van der Waals surface area contributed by atoms with Gasteiger partial charge in [-0.1, -0.05) is 6.07 Å². The van der Waals surface area contributed by atoms with Gasteiger partial charge in [-0.15, -0.1) is 0 Å². The van der Waals surface area contributed by atoms with Crippen LogP contribution in [0, 0.1) is 0 Å². The van der Waals surface area contributed by atoms with Gasteiger partial charge in [0.2, 0.25) is 5.91 Å². The standard InChI is InChI=1S/C13H20N2O4/c1-17-7-8-18-10-13(16)15-11-3-2-4-12(9-11)19-6-5-14/h2-4,9H,5-8,10,14H2,1H3,(H,15,16). The first-order chi connectivity index (χ1) is 9.26. The van der Waals surface area contributed by atoms with Crippen LogP contribution in [0.2, 0.25) is 0 Å². The van der Waals surface area contributed by atoms with Crippen molar-refractivity contribution < 1.29 is 19.0 Å². The van der Waals surface area contributed by atoms with E-state index in [0.717, 1.165) is 0 Å². The van der Waals surface area contributed by atoms with E-state index in [0.29, 0.717) is 37.8 Å². The SMILES string of the molecule is COCCOCC(=O)Nc1cccc(OCCN)c1. The molecule has 1 rings (SSSR count). The molecule has 0 bridgehead atoms. The fourth-order valence-electron chi connectivity index (χ4n) is 1.34. The van der Waals surface area contributed by atoms with Crippen LogP contribution in [0.3, 0.4) is 0 Å². The van der Waals surface area contributed by atoms with Crippen LogP contribution in [-0.2, 0) is 14.3 Å². The van der Waals surface area contributed by atoms with Gasteiger partial charge in [-0.2, -0.15) is 0 Å². The molecule has 0 fully saturated rings. The molecule has 6 heteroatoms. The van der Waals surface area contributed by atoms with Crippen LogP contribution in [-0.4, -0.2) is 46.0 Å². The Bertz CT molecular complexity index is 385. The van der Waals surface area contributed by atoms with Crippen molar-refractivity contribution in [2.24, 2.45) is 5.73 Å². The lowest BCUT2D eigenvalue weighted by atomic mass is 10.3. The molecule has 1 aromatic rings. The Balaban J connectivity index is 2.36. The van der Waals surface area contributed by atoms with Gasteiger partial charge in [0, 0.05) is 25.4 Å². The quantitative estimate of drug-likeness (QED) is 0.642. The van der Waals surface area contributed by atoms with E-state index in [4.69, 9.17) is 19.9 Å². The van der Waals surface area contributed by atoms with Crippen molar-refractivity contribution in [3.8, 4) is 5.75 Å². The van der Waals surface area contributed by atoms with Crippen LogP contribution in [0.15, 0.2) is 24.3 Å². The summed E-state index contributed by atoms with van der Waals surface area (Å²) in [7, 11) is 1.58. The highest BCUT2D eigenvalue weighted by Crippen LogP contribution is 2.17. The van der Waals surface area contributed by atoms with E-state index < -0.39 is 0 Å². The summed E-state index contributed by atoms with van der Waals surface area (Å²) in [5.74, 6) is 0.454. The second-order valence-corrected chi connectivity index (χ2v) is 3.76. The highest BCUT2D eigenvalue weighted by atomic mass is 16.5. The minimum Gasteiger partial charge on any atom is -0.492 e. The highest BCUT2D eigenvalue weighted by Gasteiger charge is 2.03. The number of methoxy groups -OCH3 is 1. The topological polar surface area (TPSA) is 82.8 Å². The highest BCUT2D eigenvalue weighted by molar-refractivity contribution is 5.91. The number of hydrogen-bond acceptors (Lipinski definition) is 5. The molecule has 0 saturated heterocycles. The van der Waals surface area contributed by atoms with Crippen molar-refractivity contribution in [2.45, 2.75) is 0 Å². The van der Waals surface area contributed by atoms with Crippen molar-refractivity contribution in [3.63, 3.8) is 0 Å². The third-order valence-corrected chi connectivity index (χ3v) is 2.17. The minimum atomic E-state index is -0.216. The van der Waals surface area contributed by atoms with E-state index in [1.807, 2.05) is 0 Å². The number of rotatable bonds is 9. The number of carbonyl (C=O) groups is 1. The minimum absolute atomic E-state index is 0.00273. The van der Waals surface area contributed by atoms with Crippen LogP contribution < -0.4 is 15.8 Å². The maximum atomic E-state index is 11.6. The lowest BCUT2D eigenvalue weighted by Gasteiger charge is -2.08. The van der Waals surface area contributed by atoms with E-state index in [1.165, 1.54) is 0 Å². The molecule has 0 aliphatic heterocycles. The lowest BCUT2D eigenvalue weighted by Crippen LogP contribution is -2.19. The number of carbonyl (C=O) groups excluding carboxylic acids is 1. The summed E-state index contributed by atoms with van der Waals surface area (Å²) in [6, 6.07) is 7.12. The predicted molar refractivity (Wildman–Crippen MR) is 72.3 cm³/mol. The van der Waals surface area contributed by atoms with Gasteiger partial charge in [-0.25, -0.2) is 0 Å². The second-order valence-electron chi connectivity index (χ2n) is 3.76. The zero-order valence-corrected chi connectivity index (χ0v) is 11.1. The Kier molecular flexibility index (Phi) is 7.57. The van der Waals surface area contributed by atoms with E-state index in [-0.39, 0.29) is 12.5 Å². The molecule has 106 valence electrons. The van der Waals surface area contributed by atoms with E-state index in [2.05, 4.69) is 5.32 Å². The van der Waals surface area contributed by atoms with Crippen molar-refractivity contribution in [3.05, 3.63) is 24.3 Å². The molecule has 0 atom stereocenters. The first kappa shape index (κ1) is 15.4. The number of benzene rings is 1. The smallest absolute Gasteiger partial charge is 0.250 e. The van der Waals surface area contributed by atoms with Crippen LogP contribution >= 0.6 is 0 Å². The maximum Gasteiger partial charge on any atom is 0.250 e. The van der Waals surface area contributed by atoms with E-state index in [9.17, 15) is 4.79 Å². The molecule has 0 saturated carbocycles. The van der Waals surface area contributed by atoms with Crippen LogP contribution in [0.1, 0.15) is 0 Å². The number of nitrogens with one attached hydrogen (secondary N) is 1. The van der Waals surface area contributed by atoms with E-state index >= 15 is 0 Å². The van der Waals surface area contributed by atoms with Gasteiger partial charge in [-0.3, -0.25) is 4.79 Å². The Labute approximate surface area is 112 Å². The molecular formula is C13H20N2O4. The first-order valence-corrected chi connectivity index (χ1v) is 6.05. The Morgan fingerprint density at radius 1 is 1.32 bits per heavy atom. The fourth-order valence-corrected chi connectivity index (χ4v) is 1.34. The van der Waals surface area contributed by atoms with Crippen molar-refractivity contribution in [1.29, 1.82) is 0 Å². The normalized spacial score (nSPS) is 10.2. The summed E-state index contributed by atoms with van der Waals surface area (Å²) >= 11 is 0.